The van der Waals surface area contributed by atoms with Gasteiger partial charge in [0.1, 0.15) is 5.78 Å². The molecule has 0 amide bonds. The van der Waals surface area contributed by atoms with Crippen molar-refractivity contribution in [3.05, 3.63) is 0 Å². The molecular weight excluding hydrogens is 170 g/mol. The largest absolute Gasteiger partial charge is 0.392 e. The van der Waals surface area contributed by atoms with Crippen LogP contribution in [0, 0.1) is 0 Å². The first-order chi connectivity index (χ1) is 6.08. The van der Waals surface area contributed by atoms with Crippen LogP contribution in [0.3, 0.4) is 0 Å². The zero-order valence-corrected chi connectivity index (χ0v) is 7.94. The van der Waals surface area contributed by atoms with Crippen molar-refractivity contribution in [2.24, 2.45) is 0 Å². The van der Waals surface area contributed by atoms with Crippen LogP contribution in [0.1, 0.15) is 19.8 Å². The van der Waals surface area contributed by atoms with Crippen molar-refractivity contribution in [2.75, 3.05) is 19.6 Å². The number of aliphatic hydroxyl groups is 2. The van der Waals surface area contributed by atoms with Crippen molar-refractivity contribution in [2.45, 2.75) is 32.0 Å². The highest BCUT2D eigenvalue weighted by atomic mass is 16.3. The summed E-state index contributed by atoms with van der Waals surface area (Å²) in [7, 11) is 0. The van der Waals surface area contributed by atoms with E-state index in [4.69, 9.17) is 0 Å². The van der Waals surface area contributed by atoms with E-state index in [9.17, 15) is 15.0 Å². The van der Waals surface area contributed by atoms with E-state index in [1.165, 1.54) is 0 Å². The summed E-state index contributed by atoms with van der Waals surface area (Å²) in [5.74, 6) is 0.148. The summed E-state index contributed by atoms with van der Waals surface area (Å²) < 4.78 is 0. The average molecular weight is 187 g/mol. The van der Waals surface area contributed by atoms with Gasteiger partial charge in [0.05, 0.1) is 12.2 Å². The van der Waals surface area contributed by atoms with Gasteiger partial charge in [-0.1, -0.05) is 0 Å². The molecule has 0 aliphatic carbocycles. The van der Waals surface area contributed by atoms with Gasteiger partial charge in [-0.25, -0.2) is 0 Å². The van der Waals surface area contributed by atoms with Gasteiger partial charge in [0.15, 0.2) is 0 Å². The molecule has 4 heteroatoms. The number of carbonyl (C=O) groups excluding carboxylic acids is 1. The number of carbonyl (C=O) groups is 1. The Bertz CT molecular complexity index is 174. The van der Waals surface area contributed by atoms with Crippen LogP contribution in [0.4, 0.5) is 0 Å². The maximum absolute atomic E-state index is 10.7. The van der Waals surface area contributed by atoms with E-state index in [2.05, 4.69) is 0 Å². The smallest absolute Gasteiger partial charge is 0.131 e. The number of piperidine rings is 1. The number of ketones is 1. The van der Waals surface area contributed by atoms with E-state index in [1.807, 2.05) is 4.90 Å². The molecule has 1 saturated heterocycles. The fraction of sp³-hybridized carbons (Fsp3) is 0.889. The zero-order chi connectivity index (χ0) is 9.84. The Morgan fingerprint density at radius 2 is 1.92 bits per heavy atom. The third-order valence-corrected chi connectivity index (χ3v) is 2.26. The first-order valence-electron chi connectivity index (χ1n) is 4.66. The molecule has 1 heterocycles. The number of rotatable bonds is 3. The van der Waals surface area contributed by atoms with E-state index in [0.29, 0.717) is 32.5 Å². The van der Waals surface area contributed by atoms with Crippen molar-refractivity contribution in [1.29, 1.82) is 0 Å². The molecular formula is C9H17NO3. The van der Waals surface area contributed by atoms with Crippen LogP contribution in [0.25, 0.3) is 0 Å². The third kappa shape index (κ3) is 3.85. The minimum atomic E-state index is -0.448. The first-order valence-corrected chi connectivity index (χ1v) is 4.66. The summed E-state index contributed by atoms with van der Waals surface area (Å²) in [4.78, 5) is 12.6. The van der Waals surface area contributed by atoms with Crippen molar-refractivity contribution < 1.29 is 15.0 Å². The van der Waals surface area contributed by atoms with Crippen LogP contribution in [-0.2, 0) is 4.79 Å². The monoisotopic (exact) mass is 187 g/mol. The minimum Gasteiger partial charge on any atom is -0.392 e. The van der Waals surface area contributed by atoms with Gasteiger partial charge in [0, 0.05) is 32.5 Å². The molecule has 0 radical (unpaired) electrons. The Kier molecular flexibility index (Phi) is 3.84. The SMILES string of the molecule is CC(=O)CCN1C[C@H](O)C[C@H](O)C1. The lowest BCUT2D eigenvalue weighted by molar-refractivity contribution is -0.117. The van der Waals surface area contributed by atoms with Crippen LogP contribution in [0.2, 0.25) is 0 Å². The summed E-state index contributed by atoms with van der Waals surface area (Å²) in [6.07, 6.45) is 0.0575. The van der Waals surface area contributed by atoms with Crippen LogP contribution in [0.15, 0.2) is 0 Å². The van der Waals surface area contributed by atoms with Crippen molar-refractivity contribution in [1.82, 2.24) is 4.90 Å². The summed E-state index contributed by atoms with van der Waals surface area (Å²) in [5, 5.41) is 18.7. The molecule has 76 valence electrons. The maximum atomic E-state index is 10.7. The van der Waals surface area contributed by atoms with Crippen molar-refractivity contribution in [3.8, 4) is 0 Å². The molecule has 2 N–H and O–H groups in total. The second kappa shape index (κ2) is 4.69. The number of β-amino-alcohol motifs (C(OH)–C–C–N with tert-alkyl or cyclic N) is 2. The van der Waals surface area contributed by atoms with Gasteiger partial charge in [-0.3, -0.25) is 9.69 Å². The lowest BCUT2D eigenvalue weighted by atomic mass is 10.1. The van der Waals surface area contributed by atoms with Crippen molar-refractivity contribution in [3.63, 3.8) is 0 Å². The third-order valence-electron chi connectivity index (χ3n) is 2.26. The summed E-state index contributed by atoms with van der Waals surface area (Å²) in [6.45, 7) is 3.34. The molecule has 2 atom stereocenters. The molecule has 0 unspecified atom stereocenters. The lowest BCUT2D eigenvalue weighted by Crippen LogP contribution is -2.46. The average Bonchev–Trinajstić information content (AvgIpc) is 1.99. The van der Waals surface area contributed by atoms with Gasteiger partial charge in [0.2, 0.25) is 0 Å². The highest BCUT2D eigenvalue weighted by Gasteiger charge is 2.23. The Morgan fingerprint density at radius 3 is 2.38 bits per heavy atom. The van der Waals surface area contributed by atoms with Crippen LogP contribution >= 0.6 is 0 Å². The van der Waals surface area contributed by atoms with Gasteiger partial charge in [-0.05, 0) is 6.92 Å². The van der Waals surface area contributed by atoms with Gasteiger partial charge >= 0.3 is 0 Å². The molecule has 13 heavy (non-hydrogen) atoms. The fourth-order valence-electron chi connectivity index (χ4n) is 1.63. The summed E-state index contributed by atoms with van der Waals surface area (Å²) in [6, 6.07) is 0. The molecule has 0 aromatic rings. The number of Topliss-reactive ketones (excluding diaryl/α,β-unsaturated/α-hetero) is 1. The predicted molar refractivity (Wildman–Crippen MR) is 48.4 cm³/mol. The lowest BCUT2D eigenvalue weighted by Gasteiger charge is -2.32. The molecule has 0 bridgehead atoms. The second-order valence-electron chi connectivity index (χ2n) is 3.75. The summed E-state index contributed by atoms with van der Waals surface area (Å²) in [5.41, 5.74) is 0. The Morgan fingerprint density at radius 1 is 1.38 bits per heavy atom. The van der Waals surface area contributed by atoms with E-state index in [-0.39, 0.29) is 5.78 Å². The highest BCUT2D eigenvalue weighted by molar-refractivity contribution is 5.75. The molecule has 4 nitrogen and oxygen atoms in total. The van der Waals surface area contributed by atoms with E-state index in [1.54, 1.807) is 6.92 Å². The molecule has 1 fully saturated rings. The number of hydrogen-bond donors (Lipinski definition) is 2. The van der Waals surface area contributed by atoms with E-state index >= 15 is 0 Å². The number of aliphatic hydroxyl groups excluding tert-OH is 2. The Labute approximate surface area is 78.2 Å². The van der Waals surface area contributed by atoms with Crippen molar-refractivity contribution >= 4 is 5.78 Å². The van der Waals surface area contributed by atoms with Crippen LogP contribution in [0.5, 0.6) is 0 Å². The first kappa shape index (κ1) is 10.6. The Hall–Kier alpha value is -0.450. The molecule has 1 aliphatic rings. The van der Waals surface area contributed by atoms with Gasteiger partial charge in [-0.2, -0.15) is 0 Å². The van der Waals surface area contributed by atoms with Gasteiger partial charge in [0.25, 0.3) is 0 Å². The number of likely N-dealkylation sites (tertiary alicyclic amines) is 1. The van der Waals surface area contributed by atoms with Crippen LogP contribution in [-0.4, -0.2) is 52.7 Å². The number of nitrogens with zero attached hydrogens (tertiary/aromatic N) is 1. The fourth-order valence-corrected chi connectivity index (χ4v) is 1.63. The maximum Gasteiger partial charge on any atom is 0.131 e. The molecule has 0 aromatic heterocycles. The predicted octanol–water partition coefficient (Wildman–Crippen LogP) is -0.607. The molecule has 0 saturated carbocycles. The second-order valence-corrected chi connectivity index (χ2v) is 3.75. The molecule has 1 rings (SSSR count). The van der Waals surface area contributed by atoms with Gasteiger partial charge < -0.3 is 10.2 Å². The number of hydrogen-bond acceptors (Lipinski definition) is 4. The highest BCUT2D eigenvalue weighted by Crippen LogP contribution is 2.10. The van der Waals surface area contributed by atoms with Crippen LogP contribution < -0.4 is 0 Å². The molecule has 1 aliphatic heterocycles. The Balaban J connectivity index is 2.28. The van der Waals surface area contributed by atoms with E-state index in [0.717, 1.165) is 0 Å². The minimum absolute atomic E-state index is 0.148. The zero-order valence-electron chi connectivity index (χ0n) is 7.94. The molecule has 0 aromatic carbocycles. The quantitative estimate of drug-likeness (QED) is 0.619. The molecule has 0 spiro atoms. The normalized spacial score (nSPS) is 30.4. The topological polar surface area (TPSA) is 60.8 Å². The van der Waals surface area contributed by atoms with E-state index < -0.39 is 12.2 Å². The summed E-state index contributed by atoms with van der Waals surface area (Å²) >= 11 is 0. The standard InChI is InChI=1S/C9H17NO3/c1-7(11)2-3-10-5-8(12)4-9(13)6-10/h8-9,12-13H,2-6H2,1H3/t8-,9+. The van der Waals surface area contributed by atoms with Gasteiger partial charge in [-0.15, -0.1) is 0 Å².